The quantitative estimate of drug-likeness (QED) is 0.737. The van der Waals surface area contributed by atoms with Crippen LogP contribution in [-0.2, 0) is 16.0 Å². The first-order valence-electron chi connectivity index (χ1n) is 4.30. The first-order valence-corrected chi connectivity index (χ1v) is 5.18. The Morgan fingerprint density at radius 3 is 2.60 bits per heavy atom. The number of carboxylic acids is 1. The van der Waals surface area contributed by atoms with E-state index in [9.17, 15) is 9.59 Å². The summed E-state index contributed by atoms with van der Waals surface area (Å²) in [6.07, 6.45) is 0.0379. The van der Waals surface area contributed by atoms with Gasteiger partial charge in [0.2, 0.25) is 5.91 Å². The lowest BCUT2D eigenvalue weighted by Gasteiger charge is -2.18. The van der Waals surface area contributed by atoms with Gasteiger partial charge in [-0.1, -0.05) is 0 Å². The predicted octanol–water partition coefficient (Wildman–Crippen LogP) is 0.570. The Bertz CT molecular complexity index is 386. The van der Waals surface area contributed by atoms with Crippen molar-refractivity contribution in [1.29, 1.82) is 0 Å². The maximum atomic E-state index is 11.1. The lowest BCUT2D eigenvalue weighted by molar-refractivity contribution is -0.153. The summed E-state index contributed by atoms with van der Waals surface area (Å²) < 4.78 is 0. The number of thiazole rings is 1. The van der Waals surface area contributed by atoms with Gasteiger partial charge >= 0.3 is 5.97 Å². The average molecular weight is 228 g/mol. The first kappa shape index (κ1) is 11.6. The highest BCUT2D eigenvalue weighted by Gasteiger charge is 2.40. The van der Waals surface area contributed by atoms with E-state index >= 15 is 0 Å². The van der Waals surface area contributed by atoms with Gasteiger partial charge < -0.3 is 10.8 Å². The van der Waals surface area contributed by atoms with Crippen LogP contribution in [0, 0.1) is 12.3 Å². The zero-order valence-corrected chi connectivity index (χ0v) is 9.30. The molecule has 1 rings (SSSR count). The van der Waals surface area contributed by atoms with E-state index in [4.69, 9.17) is 10.8 Å². The lowest BCUT2D eigenvalue weighted by Crippen LogP contribution is -2.43. The molecule has 0 bridgehead atoms. The molecule has 0 aliphatic carbocycles. The number of carbonyl (C=O) groups is 2. The van der Waals surface area contributed by atoms with Crippen molar-refractivity contribution in [2.75, 3.05) is 0 Å². The van der Waals surface area contributed by atoms with Crippen molar-refractivity contribution in [3.8, 4) is 0 Å². The highest BCUT2D eigenvalue weighted by Crippen LogP contribution is 2.24. The van der Waals surface area contributed by atoms with Crippen LogP contribution in [0.4, 0.5) is 0 Å². The molecule has 1 unspecified atom stereocenters. The fourth-order valence-corrected chi connectivity index (χ4v) is 1.98. The van der Waals surface area contributed by atoms with E-state index in [0.29, 0.717) is 5.01 Å². The minimum Gasteiger partial charge on any atom is -0.480 e. The summed E-state index contributed by atoms with van der Waals surface area (Å²) >= 11 is 1.33. The Kier molecular flexibility index (Phi) is 3.09. The van der Waals surface area contributed by atoms with Crippen molar-refractivity contribution < 1.29 is 14.7 Å². The number of aromatic nitrogens is 1. The van der Waals surface area contributed by atoms with Crippen LogP contribution in [0.25, 0.3) is 0 Å². The molecule has 15 heavy (non-hydrogen) atoms. The predicted molar refractivity (Wildman–Crippen MR) is 55.5 cm³/mol. The van der Waals surface area contributed by atoms with Crippen LogP contribution in [-0.4, -0.2) is 22.0 Å². The van der Waals surface area contributed by atoms with Crippen LogP contribution < -0.4 is 5.73 Å². The molecule has 1 amide bonds. The maximum absolute atomic E-state index is 11.1. The standard InChI is InChI=1S/C9H12N2O3S/c1-5-4-15-6(11-5)3-9(2,7(10)12)8(13)14/h4H,3H2,1-2H3,(H2,10,12)(H,13,14). The summed E-state index contributed by atoms with van der Waals surface area (Å²) in [5.74, 6) is -2.06. The summed E-state index contributed by atoms with van der Waals surface area (Å²) in [5, 5.41) is 11.4. The van der Waals surface area contributed by atoms with Gasteiger partial charge in [0.25, 0.3) is 0 Å². The van der Waals surface area contributed by atoms with Crippen LogP contribution in [0.5, 0.6) is 0 Å². The van der Waals surface area contributed by atoms with Gasteiger partial charge in [0.1, 0.15) is 5.41 Å². The van der Waals surface area contributed by atoms with E-state index in [2.05, 4.69) is 4.98 Å². The molecular weight excluding hydrogens is 216 g/mol. The Morgan fingerprint density at radius 2 is 2.27 bits per heavy atom. The summed E-state index contributed by atoms with van der Waals surface area (Å²) in [6.45, 7) is 3.12. The molecule has 0 aliphatic heterocycles. The molecule has 6 heteroatoms. The van der Waals surface area contributed by atoms with Gasteiger partial charge in [-0.15, -0.1) is 11.3 Å². The fourth-order valence-electron chi connectivity index (χ4n) is 1.05. The van der Waals surface area contributed by atoms with Crippen LogP contribution >= 0.6 is 11.3 Å². The third-order valence-corrected chi connectivity index (χ3v) is 3.15. The number of hydrogen-bond acceptors (Lipinski definition) is 4. The molecule has 5 nitrogen and oxygen atoms in total. The van der Waals surface area contributed by atoms with E-state index in [1.807, 2.05) is 6.92 Å². The summed E-state index contributed by atoms with van der Waals surface area (Å²) in [4.78, 5) is 26.1. The summed E-state index contributed by atoms with van der Waals surface area (Å²) in [5.41, 5.74) is 4.32. The topological polar surface area (TPSA) is 93.3 Å². The second-order valence-corrected chi connectivity index (χ2v) is 4.50. The molecule has 0 spiro atoms. The van der Waals surface area contributed by atoms with Gasteiger partial charge in [-0.2, -0.15) is 0 Å². The molecule has 3 N–H and O–H groups in total. The van der Waals surface area contributed by atoms with Gasteiger partial charge in [0.15, 0.2) is 0 Å². The third-order valence-electron chi connectivity index (χ3n) is 2.19. The molecule has 1 heterocycles. The fraction of sp³-hybridized carbons (Fsp3) is 0.444. The number of hydrogen-bond donors (Lipinski definition) is 2. The molecule has 1 atom stereocenters. The molecule has 0 fully saturated rings. The SMILES string of the molecule is Cc1csc(CC(C)(C(N)=O)C(=O)O)n1. The number of carbonyl (C=O) groups excluding carboxylic acids is 1. The summed E-state index contributed by atoms with van der Waals surface area (Å²) in [6, 6.07) is 0. The third kappa shape index (κ3) is 2.33. The Morgan fingerprint density at radius 1 is 1.67 bits per heavy atom. The van der Waals surface area contributed by atoms with Crippen molar-refractivity contribution in [3.63, 3.8) is 0 Å². The normalized spacial score (nSPS) is 14.5. The van der Waals surface area contributed by atoms with Gasteiger partial charge in [-0.3, -0.25) is 9.59 Å². The second-order valence-electron chi connectivity index (χ2n) is 3.56. The molecular formula is C9H12N2O3S. The van der Waals surface area contributed by atoms with Gasteiger partial charge in [-0.05, 0) is 13.8 Å². The highest BCUT2D eigenvalue weighted by molar-refractivity contribution is 7.09. The lowest BCUT2D eigenvalue weighted by atomic mass is 9.86. The van der Waals surface area contributed by atoms with Crippen molar-refractivity contribution in [2.24, 2.45) is 11.1 Å². The molecule has 0 aliphatic rings. The molecule has 1 aromatic heterocycles. The van der Waals surface area contributed by atoms with Crippen LogP contribution in [0.3, 0.4) is 0 Å². The zero-order chi connectivity index (χ0) is 11.6. The largest absolute Gasteiger partial charge is 0.480 e. The average Bonchev–Trinajstić information content (AvgIpc) is 2.50. The number of rotatable bonds is 4. The van der Waals surface area contributed by atoms with E-state index in [-0.39, 0.29) is 6.42 Å². The van der Waals surface area contributed by atoms with Crippen molar-refractivity contribution in [2.45, 2.75) is 20.3 Å². The van der Waals surface area contributed by atoms with E-state index < -0.39 is 17.3 Å². The number of amides is 1. The smallest absolute Gasteiger partial charge is 0.319 e. The Labute approximate surface area is 90.9 Å². The molecule has 0 aromatic carbocycles. The number of aryl methyl sites for hydroxylation is 1. The summed E-state index contributed by atoms with van der Waals surface area (Å²) in [7, 11) is 0. The molecule has 0 saturated heterocycles. The van der Waals surface area contributed by atoms with Crippen LogP contribution in [0.15, 0.2) is 5.38 Å². The minimum absolute atomic E-state index is 0.0379. The molecule has 0 radical (unpaired) electrons. The van der Waals surface area contributed by atoms with Gasteiger partial charge in [0.05, 0.1) is 5.01 Å². The Hall–Kier alpha value is -1.43. The van der Waals surface area contributed by atoms with Crippen LogP contribution in [0.1, 0.15) is 17.6 Å². The molecule has 0 saturated carbocycles. The Balaban J connectivity index is 2.94. The number of aliphatic carboxylic acids is 1. The zero-order valence-electron chi connectivity index (χ0n) is 8.48. The first-order chi connectivity index (χ1) is 6.86. The van der Waals surface area contributed by atoms with E-state index in [0.717, 1.165) is 5.69 Å². The van der Waals surface area contributed by atoms with Gasteiger partial charge in [0, 0.05) is 17.5 Å². The van der Waals surface area contributed by atoms with Crippen molar-refractivity contribution in [1.82, 2.24) is 4.98 Å². The number of nitrogens with two attached hydrogens (primary N) is 1. The number of primary amides is 1. The maximum Gasteiger partial charge on any atom is 0.319 e. The highest BCUT2D eigenvalue weighted by atomic mass is 32.1. The molecule has 1 aromatic rings. The number of nitrogens with zero attached hydrogens (tertiary/aromatic N) is 1. The van der Waals surface area contributed by atoms with Crippen LogP contribution in [0.2, 0.25) is 0 Å². The minimum atomic E-state index is -1.58. The second kappa shape index (κ2) is 3.98. The van der Waals surface area contributed by atoms with Crippen molar-refractivity contribution >= 4 is 23.2 Å². The van der Waals surface area contributed by atoms with E-state index in [1.54, 1.807) is 5.38 Å². The molecule has 82 valence electrons. The monoisotopic (exact) mass is 228 g/mol. The van der Waals surface area contributed by atoms with E-state index in [1.165, 1.54) is 18.3 Å². The van der Waals surface area contributed by atoms with Gasteiger partial charge in [-0.25, -0.2) is 4.98 Å². The number of carboxylic acid groups (broad SMARTS) is 1. The van der Waals surface area contributed by atoms with Crippen molar-refractivity contribution in [3.05, 3.63) is 16.1 Å².